The van der Waals surface area contributed by atoms with Crippen LogP contribution in [0, 0.1) is 5.41 Å². The van der Waals surface area contributed by atoms with E-state index in [1.54, 1.807) is 13.1 Å². The smallest absolute Gasteiger partial charge is 0.255 e. The van der Waals surface area contributed by atoms with Gasteiger partial charge in [-0.05, 0) is 17.7 Å². The normalized spacial score (nSPS) is 15.2. The minimum Gasteiger partial charge on any atom is -0.491 e. The molecule has 0 unspecified atom stereocenters. The minimum atomic E-state index is -0.406. The Kier molecular flexibility index (Phi) is 5.74. The van der Waals surface area contributed by atoms with Gasteiger partial charge in [-0.2, -0.15) is 0 Å². The number of fused-ring (bicyclic) bond motifs is 1. The molecule has 0 saturated carbocycles. The van der Waals surface area contributed by atoms with Crippen molar-refractivity contribution in [1.29, 1.82) is 5.41 Å². The number of nitrogens with one attached hydrogen (secondary N) is 4. The standard InChI is InChI=1S/C21H22N4O3/c1-23-11-15(10-22)25-20(26)14-8-16-18(13-6-4-3-5-7-13)12-28-19(16)17(9-14)21(27)24-2/h3-11,18,22-23H,12H2,1-2H3,(H,24,27)(H,25,26)/b15-11+,22-10?/t18-/m0/s1. The summed E-state index contributed by atoms with van der Waals surface area (Å²) in [5.41, 5.74) is 2.80. The Labute approximate surface area is 163 Å². The van der Waals surface area contributed by atoms with Crippen molar-refractivity contribution in [2.24, 2.45) is 0 Å². The molecule has 0 bridgehead atoms. The van der Waals surface area contributed by atoms with Gasteiger partial charge in [-0.15, -0.1) is 0 Å². The molecule has 2 aromatic rings. The predicted octanol–water partition coefficient (Wildman–Crippen LogP) is 2.01. The summed E-state index contributed by atoms with van der Waals surface area (Å²) in [4.78, 5) is 25.1. The molecule has 0 saturated heterocycles. The van der Waals surface area contributed by atoms with E-state index in [0.29, 0.717) is 29.2 Å². The molecular weight excluding hydrogens is 356 g/mol. The average molecular weight is 378 g/mol. The van der Waals surface area contributed by atoms with E-state index < -0.39 is 5.91 Å². The first kappa shape index (κ1) is 19.2. The Bertz CT molecular complexity index is 938. The second-order valence-electron chi connectivity index (χ2n) is 6.28. The Morgan fingerprint density at radius 3 is 2.54 bits per heavy atom. The van der Waals surface area contributed by atoms with E-state index in [1.807, 2.05) is 30.3 Å². The number of hydrogen-bond donors (Lipinski definition) is 4. The monoisotopic (exact) mass is 378 g/mol. The number of hydrogen-bond acceptors (Lipinski definition) is 5. The highest BCUT2D eigenvalue weighted by atomic mass is 16.5. The first-order valence-corrected chi connectivity index (χ1v) is 8.86. The van der Waals surface area contributed by atoms with Crippen LogP contribution in [-0.4, -0.2) is 38.7 Å². The van der Waals surface area contributed by atoms with Crippen LogP contribution in [-0.2, 0) is 0 Å². The third-order valence-corrected chi connectivity index (χ3v) is 4.54. The highest BCUT2D eigenvalue weighted by Crippen LogP contribution is 2.41. The van der Waals surface area contributed by atoms with E-state index in [4.69, 9.17) is 10.1 Å². The summed E-state index contributed by atoms with van der Waals surface area (Å²) >= 11 is 0. The summed E-state index contributed by atoms with van der Waals surface area (Å²) in [6.07, 6.45) is 2.55. The molecular formula is C21H22N4O3. The van der Waals surface area contributed by atoms with Crippen LogP contribution in [0.1, 0.15) is 37.8 Å². The van der Waals surface area contributed by atoms with Crippen molar-refractivity contribution in [2.75, 3.05) is 20.7 Å². The fourth-order valence-corrected chi connectivity index (χ4v) is 3.20. The van der Waals surface area contributed by atoms with E-state index >= 15 is 0 Å². The lowest BCUT2D eigenvalue weighted by atomic mass is 9.90. The van der Waals surface area contributed by atoms with Gasteiger partial charge in [0.25, 0.3) is 11.8 Å². The molecule has 4 N–H and O–H groups in total. The summed E-state index contributed by atoms with van der Waals surface area (Å²) in [5.74, 6) is -0.292. The molecule has 7 heteroatoms. The summed E-state index contributed by atoms with van der Waals surface area (Å²) in [7, 11) is 3.21. The van der Waals surface area contributed by atoms with Crippen molar-refractivity contribution < 1.29 is 14.3 Å². The van der Waals surface area contributed by atoms with Crippen LogP contribution in [0.4, 0.5) is 0 Å². The number of carbonyl (C=O) groups excluding carboxylic acids is 2. The van der Waals surface area contributed by atoms with Gasteiger partial charge < -0.3 is 26.1 Å². The molecule has 0 spiro atoms. The lowest BCUT2D eigenvalue weighted by Crippen LogP contribution is -2.26. The van der Waals surface area contributed by atoms with Crippen LogP contribution in [0.25, 0.3) is 0 Å². The molecule has 0 aliphatic carbocycles. The first-order chi connectivity index (χ1) is 13.6. The number of rotatable bonds is 6. The Balaban J connectivity index is 2.05. The van der Waals surface area contributed by atoms with Gasteiger partial charge in [0.15, 0.2) is 0 Å². The summed E-state index contributed by atoms with van der Waals surface area (Å²) in [6, 6.07) is 13.1. The van der Waals surface area contributed by atoms with Crippen LogP contribution >= 0.6 is 0 Å². The van der Waals surface area contributed by atoms with Crippen LogP contribution in [0.5, 0.6) is 5.75 Å². The Morgan fingerprint density at radius 2 is 1.89 bits per heavy atom. The molecule has 0 fully saturated rings. The Morgan fingerprint density at radius 1 is 1.14 bits per heavy atom. The number of amides is 2. The summed E-state index contributed by atoms with van der Waals surface area (Å²) in [6.45, 7) is 0.403. The second kappa shape index (κ2) is 8.39. The minimum absolute atomic E-state index is 0.0672. The fourth-order valence-electron chi connectivity index (χ4n) is 3.20. The maximum atomic E-state index is 12.7. The lowest BCUT2D eigenvalue weighted by Gasteiger charge is -2.13. The van der Waals surface area contributed by atoms with Crippen molar-refractivity contribution in [3.05, 3.63) is 76.6 Å². The van der Waals surface area contributed by atoms with Gasteiger partial charge in [0.05, 0.1) is 17.9 Å². The zero-order valence-corrected chi connectivity index (χ0v) is 15.7. The van der Waals surface area contributed by atoms with E-state index in [0.717, 1.165) is 17.3 Å². The number of ether oxygens (including phenoxy) is 1. The first-order valence-electron chi connectivity index (χ1n) is 8.86. The van der Waals surface area contributed by atoms with Crippen molar-refractivity contribution in [3.8, 4) is 5.75 Å². The van der Waals surface area contributed by atoms with Crippen molar-refractivity contribution >= 4 is 18.0 Å². The second-order valence-corrected chi connectivity index (χ2v) is 6.28. The SMILES string of the molecule is CN/C=C(\C=N)NC(=O)c1cc(C(=O)NC)c2c(c1)[C@H](c1ccccc1)CO2. The van der Waals surface area contributed by atoms with Crippen LogP contribution < -0.4 is 20.7 Å². The van der Waals surface area contributed by atoms with Crippen molar-refractivity contribution in [2.45, 2.75) is 5.92 Å². The van der Waals surface area contributed by atoms with Crippen LogP contribution in [0.2, 0.25) is 0 Å². The number of allylic oxidation sites excluding steroid dienone is 1. The molecule has 144 valence electrons. The van der Waals surface area contributed by atoms with Gasteiger partial charge in [0, 0.05) is 43.6 Å². The maximum Gasteiger partial charge on any atom is 0.255 e. The van der Waals surface area contributed by atoms with E-state index in [2.05, 4.69) is 16.0 Å². The van der Waals surface area contributed by atoms with Gasteiger partial charge in [-0.25, -0.2) is 0 Å². The van der Waals surface area contributed by atoms with Gasteiger partial charge >= 0.3 is 0 Å². The number of benzene rings is 2. The van der Waals surface area contributed by atoms with Gasteiger partial charge in [0.1, 0.15) is 5.75 Å². The van der Waals surface area contributed by atoms with Crippen LogP contribution in [0.15, 0.2) is 54.4 Å². The third-order valence-electron chi connectivity index (χ3n) is 4.54. The van der Waals surface area contributed by atoms with Gasteiger partial charge in [-0.1, -0.05) is 30.3 Å². The largest absolute Gasteiger partial charge is 0.491 e. The molecule has 3 rings (SSSR count). The van der Waals surface area contributed by atoms with Crippen molar-refractivity contribution in [1.82, 2.24) is 16.0 Å². The average Bonchev–Trinajstić information content (AvgIpc) is 3.16. The van der Waals surface area contributed by atoms with E-state index in [-0.39, 0.29) is 11.8 Å². The molecule has 28 heavy (non-hydrogen) atoms. The lowest BCUT2D eigenvalue weighted by molar-refractivity contribution is 0.0960. The molecule has 2 aromatic carbocycles. The van der Waals surface area contributed by atoms with E-state index in [1.165, 1.54) is 19.3 Å². The molecule has 1 atom stereocenters. The molecule has 1 aliphatic heterocycles. The fraction of sp³-hybridized carbons (Fsp3) is 0.190. The quantitative estimate of drug-likeness (QED) is 0.577. The molecule has 7 nitrogen and oxygen atoms in total. The highest BCUT2D eigenvalue weighted by Gasteiger charge is 2.31. The molecule has 0 aromatic heterocycles. The molecule has 0 radical (unpaired) electrons. The van der Waals surface area contributed by atoms with Crippen molar-refractivity contribution in [3.63, 3.8) is 0 Å². The maximum absolute atomic E-state index is 12.7. The van der Waals surface area contributed by atoms with Gasteiger partial charge in [0.2, 0.25) is 0 Å². The topological polar surface area (TPSA) is 103 Å². The van der Waals surface area contributed by atoms with E-state index in [9.17, 15) is 9.59 Å². The molecule has 2 amide bonds. The summed E-state index contributed by atoms with van der Waals surface area (Å²) < 4.78 is 5.85. The Hall–Kier alpha value is -3.61. The van der Waals surface area contributed by atoms with Crippen LogP contribution in [0.3, 0.4) is 0 Å². The van der Waals surface area contributed by atoms with Gasteiger partial charge in [-0.3, -0.25) is 9.59 Å². The molecule has 1 heterocycles. The molecule has 1 aliphatic rings. The highest BCUT2D eigenvalue weighted by molar-refractivity contribution is 6.03. The predicted molar refractivity (Wildman–Crippen MR) is 107 cm³/mol. The zero-order chi connectivity index (χ0) is 20.1. The number of carbonyl (C=O) groups is 2. The summed E-state index contributed by atoms with van der Waals surface area (Å²) in [5, 5.41) is 15.4. The third kappa shape index (κ3) is 3.73. The zero-order valence-electron chi connectivity index (χ0n) is 15.7.